The van der Waals surface area contributed by atoms with E-state index in [-0.39, 0.29) is 69.5 Å². The van der Waals surface area contributed by atoms with Crippen molar-refractivity contribution in [1.29, 1.82) is 0 Å². The van der Waals surface area contributed by atoms with Crippen molar-refractivity contribution in [3.05, 3.63) is 82.9 Å². The minimum atomic E-state index is -3.77. The number of hydrogen-bond acceptors (Lipinski definition) is 10. The first-order valence-electron chi connectivity index (χ1n) is 16.6. The van der Waals surface area contributed by atoms with Crippen molar-refractivity contribution in [2.45, 2.75) is 64.3 Å². The Morgan fingerprint density at radius 2 is 1.87 bits per heavy atom. The maximum Gasteiger partial charge on any atom is 0.407 e. The molecule has 20 heteroatoms. The molecule has 4 aromatic rings. The SMILES string of the molecule is CC(C)(C)CCN/C1=N\C(F)c2ncnn2-c2cc(ccc2Cl)[C@@H](COC(=O)NC2(C(F)F)CC2)N1C(=O)c1ccc(-c2cnn(S(C)(=O)=O)c2)c(F)c1. The number of hydrogen-bond donors (Lipinski definition) is 2. The lowest BCUT2D eigenvalue weighted by atomic mass is 9.92. The second-order valence-corrected chi connectivity index (χ2v) is 16.4. The van der Waals surface area contributed by atoms with Crippen molar-refractivity contribution < 1.29 is 40.3 Å². The third kappa shape index (κ3) is 8.20. The van der Waals surface area contributed by atoms with Gasteiger partial charge in [0.05, 0.1) is 35.4 Å². The van der Waals surface area contributed by atoms with Gasteiger partial charge in [-0.3, -0.25) is 9.69 Å². The van der Waals surface area contributed by atoms with Crippen LogP contribution in [0.2, 0.25) is 5.02 Å². The zero-order valence-electron chi connectivity index (χ0n) is 29.4. The van der Waals surface area contributed by atoms with Crippen LogP contribution < -0.4 is 10.6 Å². The standard InChI is InChI=1S/C34H36ClF4N9O5S/c1-33(2,3)11-12-40-31-44-27(37)28-41-18-43-48(28)25-14-19(6-8-23(25)35)26(17-53-32(50)45-34(9-10-34)30(38)39)47(31)29(49)20-5-7-22(24(36)13-20)21-15-42-46(16-21)54(4,51)52/h5-8,13-16,18,26-27,30H,9-12,17H2,1-4H3,(H,40,44)(H,45,50)/t26-,27?/m1/s1. The molecule has 0 saturated heterocycles. The van der Waals surface area contributed by atoms with E-state index in [0.29, 0.717) is 10.5 Å². The third-order valence-corrected chi connectivity index (χ3v) is 10.1. The van der Waals surface area contributed by atoms with Crippen LogP contribution in [0.15, 0.2) is 60.1 Å². The van der Waals surface area contributed by atoms with Crippen LogP contribution in [0.5, 0.6) is 0 Å². The second kappa shape index (κ2) is 14.7. The summed E-state index contributed by atoms with van der Waals surface area (Å²) in [6.07, 6.45) is -1.41. The van der Waals surface area contributed by atoms with Crippen molar-refractivity contribution in [1.82, 2.24) is 39.5 Å². The molecular formula is C34H36ClF4N9O5S. The molecule has 2 aliphatic rings. The van der Waals surface area contributed by atoms with Crippen LogP contribution in [0, 0.1) is 11.2 Å². The number of fused-ring (bicyclic) bond motifs is 4. The van der Waals surface area contributed by atoms with Crippen LogP contribution in [0.1, 0.15) is 74.1 Å². The van der Waals surface area contributed by atoms with Gasteiger partial charge in [-0.2, -0.15) is 14.3 Å². The minimum Gasteiger partial charge on any atom is -0.447 e. The van der Waals surface area contributed by atoms with Gasteiger partial charge in [-0.1, -0.05) is 44.5 Å². The molecule has 1 unspecified atom stereocenters. The summed E-state index contributed by atoms with van der Waals surface area (Å²) in [6, 6.07) is 6.52. The quantitative estimate of drug-likeness (QED) is 0.157. The van der Waals surface area contributed by atoms with Gasteiger partial charge in [0.25, 0.3) is 28.7 Å². The molecule has 14 nitrogen and oxygen atoms in total. The summed E-state index contributed by atoms with van der Waals surface area (Å²) in [5.74, 6) is -2.48. The Bertz CT molecular complexity index is 2220. The topological polar surface area (TPSA) is 166 Å². The number of benzene rings is 2. The van der Waals surface area contributed by atoms with E-state index in [4.69, 9.17) is 16.3 Å². The molecule has 1 fully saturated rings. The van der Waals surface area contributed by atoms with Crippen LogP contribution in [-0.2, 0) is 14.8 Å². The second-order valence-electron chi connectivity index (χ2n) is 14.2. The molecule has 2 N–H and O–H groups in total. The molecule has 2 amide bonds. The van der Waals surface area contributed by atoms with Gasteiger partial charge in [0, 0.05) is 23.2 Å². The Hall–Kier alpha value is -5.04. The Morgan fingerprint density at radius 3 is 2.50 bits per heavy atom. The maximum atomic E-state index is 16.3. The van der Waals surface area contributed by atoms with E-state index in [1.54, 1.807) is 0 Å². The summed E-state index contributed by atoms with van der Waals surface area (Å²) in [5.41, 5.74) is -1.79. The fraction of sp³-hybridized carbons (Fsp3) is 0.412. The number of ether oxygens (including phenoxy) is 1. The number of nitrogens with zero attached hydrogens (tertiary/aromatic N) is 7. The molecular weight excluding hydrogens is 758 g/mol. The third-order valence-electron chi connectivity index (χ3n) is 8.88. The summed E-state index contributed by atoms with van der Waals surface area (Å²) in [4.78, 5) is 36.9. The van der Waals surface area contributed by atoms with Crippen molar-refractivity contribution in [3.8, 4) is 16.8 Å². The van der Waals surface area contributed by atoms with E-state index in [0.717, 1.165) is 40.6 Å². The number of amides is 2. The molecule has 6 rings (SSSR count). The first-order valence-corrected chi connectivity index (χ1v) is 18.9. The molecule has 3 heterocycles. The Morgan fingerprint density at radius 1 is 1.13 bits per heavy atom. The van der Waals surface area contributed by atoms with Gasteiger partial charge in [-0.15, -0.1) is 0 Å². The van der Waals surface area contributed by atoms with Gasteiger partial charge < -0.3 is 15.4 Å². The molecule has 2 bridgehead atoms. The minimum absolute atomic E-state index is 0.0393. The number of carbonyl (C=O) groups is 2. The lowest BCUT2D eigenvalue weighted by molar-refractivity contribution is 0.0602. The van der Waals surface area contributed by atoms with E-state index < -0.39 is 58.7 Å². The average Bonchev–Trinajstić information content (AvgIpc) is 3.45. The highest BCUT2D eigenvalue weighted by atomic mass is 35.5. The molecule has 2 aromatic carbocycles. The van der Waals surface area contributed by atoms with E-state index in [1.807, 2.05) is 20.8 Å². The van der Waals surface area contributed by atoms with Crippen molar-refractivity contribution >= 4 is 39.6 Å². The summed E-state index contributed by atoms with van der Waals surface area (Å²) in [7, 11) is -3.77. The first kappa shape index (κ1) is 38.7. The summed E-state index contributed by atoms with van der Waals surface area (Å²) in [6.45, 7) is 5.40. The van der Waals surface area contributed by atoms with Crippen LogP contribution in [-0.4, -0.2) is 86.6 Å². The Kier molecular flexibility index (Phi) is 10.5. The number of rotatable bonds is 9. The molecule has 2 aromatic heterocycles. The zero-order chi connectivity index (χ0) is 39.2. The van der Waals surface area contributed by atoms with Gasteiger partial charge in [0.15, 0.2) is 5.82 Å². The Balaban J connectivity index is 1.47. The highest BCUT2D eigenvalue weighted by Crippen LogP contribution is 2.41. The van der Waals surface area contributed by atoms with Gasteiger partial charge >= 0.3 is 6.09 Å². The van der Waals surface area contributed by atoms with Crippen LogP contribution >= 0.6 is 11.6 Å². The summed E-state index contributed by atoms with van der Waals surface area (Å²) >= 11 is 6.52. The highest BCUT2D eigenvalue weighted by Gasteiger charge is 2.53. The Labute approximate surface area is 312 Å². The smallest absolute Gasteiger partial charge is 0.407 e. The maximum absolute atomic E-state index is 16.3. The number of guanidine groups is 1. The van der Waals surface area contributed by atoms with E-state index in [2.05, 4.69) is 30.8 Å². The lowest BCUT2D eigenvalue weighted by Gasteiger charge is -2.34. The molecule has 1 aliphatic carbocycles. The molecule has 0 spiro atoms. The van der Waals surface area contributed by atoms with E-state index in [1.165, 1.54) is 30.3 Å². The number of nitrogens with one attached hydrogen (secondary N) is 2. The summed E-state index contributed by atoms with van der Waals surface area (Å²) in [5, 5.41) is 13.2. The van der Waals surface area contributed by atoms with Gasteiger partial charge in [0.1, 0.15) is 24.3 Å². The average molecular weight is 794 g/mol. The van der Waals surface area contributed by atoms with Gasteiger partial charge in [-0.25, -0.2) is 45.4 Å². The largest absolute Gasteiger partial charge is 0.447 e. The van der Waals surface area contributed by atoms with Crippen LogP contribution in [0.3, 0.4) is 0 Å². The van der Waals surface area contributed by atoms with Crippen LogP contribution in [0.25, 0.3) is 16.8 Å². The predicted molar refractivity (Wildman–Crippen MR) is 189 cm³/mol. The fourth-order valence-corrected chi connectivity index (χ4v) is 6.40. The molecule has 288 valence electrons. The van der Waals surface area contributed by atoms with Crippen LogP contribution in [0.4, 0.5) is 22.4 Å². The predicted octanol–water partition coefficient (Wildman–Crippen LogP) is 5.80. The highest BCUT2D eigenvalue weighted by molar-refractivity contribution is 7.89. The molecule has 0 radical (unpaired) electrons. The molecule has 1 saturated carbocycles. The first-order chi connectivity index (χ1) is 25.4. The number of carbonyl (C=O) groups excluding carboxylic acids is 2. The fourth-order valence-electron chi connectivity index (χ4n) is 5.68. The van der Waals surface area contributed by atoms with Gasteiger partial charge in [-0.05, 0) is 54.5 Å². The van der Waals surface area contributed by atoms with Crippen molar-refractivity contribution in [3.63, 3.8) is 0 Å². The normalized spacial score (nSPS) is 19.1. The number of halogens is 5. The molecule has 54 heavy (non-hydrogen) atoms. The monoisotopic (exact) mass is 793 g/mol. The molecule has 1 aliphatic heterocycles. The van der Waals surface area contributed by atoms with E-state index >= 15 is 8.78 Å². The number of aliphatic imine (C=N–C) groups is 1. The number of aromatic nitrogens is 5. The zero-order valence-corrected chi connectivity index (χ0v) is 31.0. The summed E-state index contributed by atoms with van der Waals surface area (Å²) < 4.78 is 90.7. The van der Waals surface area contributed by atoms with Crippen molar-refractivity contribution in [2.75, 3.05) is 19.4 Å². The van der Waals surface area contributed by atoms with E-state index in [9.17, 15) is 26.8 Å². The number of alkyl halides is 3. The number of alkyl carbamates (subject to hydrolysis) is 1. The molecule has 2 atom stereocenters. The van der Waals surface area contributed by atoms with Crippen molar-refractivity contribution in [2.24, 2.45) is 10.4 Å². The van der Waals surface area contributed by atoms with Gasteiger partial charge in [0.2, 0.25) is 5.96 Å². The lowest BCUT2D eigenvalue weighted by Crippen LogP contribution is -2.50.